The first-order valence-corrected chi connectivity index (χ1v) is 7.57. The number of nitro benzene ring substituents is 1. The second-order valence-corrected chi connectivity index (χ2v) is 5.72. The van der Waals surface area contributed by atoms with Crippen LogP contribution in [0.3, 0.4) is 0 Å². The van der Waals surface area contributed by atoms with Crippen LogP contribution in [0.1, 0.15) is 5.56 Å². The van der Waals surface area contributed by atoms with E-state index in [1.807, 2.05) is 0 Å². The highest BCUT2D eigenvalue weighted by molar-refractivity contribution is 6.39. The lowest BCUT2D eigenvalue weighted by atomic mass is 10.0. The molecule has 0 aliphatic heterocycles. The van der Waals surface area contributed by atoms with Crippen molar-refractivity contribution < 1.29 is 14.6 Å². The molecule has 3 rings (SSSR count). The molecule has 1 aromatic heterocycles. The lowest BCUT2D eigenvalue weighted by Crippen LogP contribution is -1.92. The van der Waals surface area contributed by atoms with Gasteiger partial charge in [0.05, 0.1) is 27.1 Å². The first kappa shape index (κ1) is 16.4. The van der Waals surface area contributed by atoms with Crippen LogP contribution in [0.2, 0.25) is 10.0 Å². The maximum Gasteiger partial charge on any atom is 0.270 e. The molecule has 8 heteroatoms. The molecule has 0 saturated heterocycles. The molecule has 0 amide bonds. The zero-order chi connectivity index (χ0) is 17.3. The SMILES string of the molecule is O=[N+]([O-])c1cccc(-c2onc(-c3c(Cl)cccc3Cl)c2CO)c1. The van der Waals surface area contributed by atoms with Gasteiger partial charge >= 0.3 is 0 Å². The van der Waals surface area contributed by atoms with E-state index in [4.69, 9.17) is 27.7 Å². The van der Waals surface area contributed by atoms with Gasteiger partial charge in [0.25, 0.3) is 5.69 Å². The number of nitro groups is 1. The Hall–Kier alpha value is -2.41. The number of aromatic nitrogens is 1. The molecule has 0 spiro atoms. The summed E-state index contributed by atoms with van der Waals surface area (Å²) in [7, 11) is 0. The Morgan fingerprint density at radius 1 is 1.17 bits per heavy atom. The normalized spacial score (nSPS) is 10.8. The summed E-state index contributed by atoms with van der Waals surface area (Å²) < 4.78 is 5.32. The summed E-state index contributed by atoms with van der Waals surface area (Å²) in [6.45, 7) is -0.390. The van der Waals surface area contributed by atoms with Crippen LogP contribution in [0.5, 0.6) is 0 Å². The fourth-order valence-electron chi connectivity index (χ4n) is 2.36. The topological polar surface area (TPSA) is 89.4 Å². The summed E-state index contributed by atoms with van der Waals surface area (Å²) >= 11 is 12.4. The van der Waals surface area contributed by atoms with Crippen LogP contribution in [-0.2, 0) is 6.61 Å². The molecular weight excluding hydrogens is 355 g/mol. The molecule has 122 valence electrons. The molecule has 6 nitrogen and oxygen atoms in total. The van der Waals surface area contributed by atoms with Crippen molar-refractivity contribution in [3.63, 3.8) is 0 Å². The van der Waals surface area contributed by atoms with E-state index < -0.39 is 11.5 Å². The number of rotatable bonds is 4. The van der Waals surface area contributed by atoms with Gasteiger partial charge in [0.15, 0.2) is 5.76 Å². The van der Waals surface area contributed by atoms with E-state index in [0.717, 1.165) is 0 Å². The van der Waals surface area contributed by atoms with Gasteiger partial charge in [-0.3, -0.25) is 10.1 Å². The number of aliphatic hydroxyl groups excluding tert-OH is 1. The van der Waals surface area contributed by atoms with E-state index in [1.54, 1.807) is 24.3 Å². The van der Waals surface area contributed by atoms with Crippen LogP contribution in [0, 0.1) is 10.1 Å². The van der Waals surface area contributed by atoms with Crippen molar-refractivity contribution in [2.24, 2.45) is 0 Å². The first-order chi connectivity index (χ1) is 11.5. The van der Waals surface area contributed by atoms with E-state index >= 15 is 0 Å². The highest BCUT2D eigenvalue weighted by atomic mass is 35.5. The molecule has 0 unspecified atom stereocenters. The molecule has 24 heavy (non-hydrogen) atoms. The monoisotopic (exact) mass is 364 g/mol. The standard InChI is InChI=1S/C16H10Cl2N2O4/c17-12-5-2-6-13(18)14(12)15-11(8-21)16(24-19-15)9-3-1-4-10(7-9)20(22)23/h1-7,21H,8H2. The minimum Gasteiger partial charge on any atom is -0.391 e. The Labute approximate surface area is 146 Å². The van der Waals surface area contributed by atoms with Gasteiger partial charge in [-0.25, -0.2) is 0 Å². The van der Waals surface area contributed by atoms with E-state index in [0.29, 0.717) is 32.4 Å². The molecular formula is C16H10Cl2N2O4. The van der Waals surface area contributed by atoms with Gasteiger partial charge in [0, 0.05) is 23.3 Å². The van der Waals surface area contributed by atoms with Gasteiger partial charge in [-0.05, 0) is 12.1 Å². The molecule has 1 heterocycles. The molecule has 0 radical (unpaired) electrons. The van der Waals surface area contributed by atoms with Gasteiger partial charge in [0.2, 0.25) is 0 Å². The zero-order valence-electron chi connectivity index (χ0n) is 12.1. The van der Waals surface area contributed by atoms with Crippen LogP contribution >= 0.6 is 23.2 Å². The number of hydrogen-bond acceptors (Lipinski definition) is 5. The number of halogens is 2. The minimum absolute atomic E-state index is 0.0925. The van der Waals surface area contributed by atoms with E-state index in [9.17, 15) is 15.2 Å². The molecule has 0 aliphatic rings. The Morgan fingerprint density at radius 2 is 1.83 bits per heavy atom. The largest absolute Gasteiger partial charge is 0.391 e. The van der Waals surface area contributed by atoms with Crippen molar-refractivity contribution >= 4 is 28.9 Å². The summed E-state index contributed by atoms with van der Waals surface area (Å²) in [5.74, 6) is 0.229. The van der Waals surface area contributed by atoms with Gasteiger partial charge in [0.1, 0.15) is 5.69 Å². The van der Waals surface area contributed by atoms with Crippen molar-refractivity contribution in [1.29, 1.82) is 0 Å². The zero-order valence-corrected chi connectivity index (χ0v) is 13.6. The van der Waals surface area contributed by atoms with Gasteiger partial charge < -0.3 is 9.63 Å². The molecule has 0 bridgehead atoms. The number of benzene rings is 2. The Balaban J connectivity index is 2.18. The maximum absolute atomic E-state index is 10.9. The number of nitrogens with zero attached hydrogens (tertiary/aromatic N) is 2. The second kappa shape index (κ2) is 6.60. The average molecular weight is 365 g/mol. The van der Waals surface area contributed by atoms with Gasteiger partial charge in [-0.2, -0.15) is 0 Å². The number of aliphatic hydroxyl groups is 1. The summed E-state index contributed by atoms with van der Waals surface area (Å²) in [6.07, 6.45) is 0. The molecule has 0 aliphatic carbocycles. The van der Waals surface area contributed by atoms with Crippen molar-refractivity contribution in [3.05, 3.63) is 68.2 Å². The third-order valence-corrected chi connectivity index (χ3v) is 4.09. The average Bonchev–Trinajstić information content (AvgIpc) is 2.98. The minimum atomic E-state index is -0.510. The second-order valence-electron chi connectivity index (χ2n) is 4.90. The smallest absolute Gasteiger partial charge is 0.270 e. The Bertz CT molecular complexity index is 904. The van der Waals surface area contributed by atoms with Gasteiger partial charge in [-0.15, -0.1) is 0 Å². The van der Waals surface area contributed by atoms with Crippen molar-refractivity contribution in [2.45, 2.75) is 6.61 Å². The van der Waals surface area contributed by atoms with Crippen LogP contribution < -0.4 is 0 Å². The fourth-order valence-corrected chi connectivity index (χ4v) is 2.94. The fraction of sp³-hybridized carbons (Fsp3) is 0.0625. The van der Waals surface area contributed by atoms with Crippen molar-refractivity contribution in [2.75, 3.05) is 0 Å². The predicted molar refractivity (Wildman–Crippen MR) is 90.0 cm³/mol. The molecule has 2 aromatic carbocycles. The van der Waals surface area contributed by atoms with Crippen LogP contribution in [0.4, 0.5) is 5.69 Å². The van der Waals surface area contributed by atoms with Crippen molar-refractivity contribution in [1.82, 2.24) is 5.16 Å². The quantitative estimate of drug-likeness (QED) is 0.534. The molecule has 1 N–H and O–H groups in total. The lowest BCUT2D eigenvalue weighted by molar-refractivity contribution is -0.384. The predicted octanol–water partition coefficient (Wildman–Crippen LogP) is 4.72. The van der Waals surface area contributed by atoms with Gasteiger partial charge in [-0.1, -0.05) is 46.6 Å². The Morgan fingerprint density at radius 3 is 2.46 bits per heavy atom. The number of hydrogen-bond donors (Lipinski definition) is 1. The Kier molecular flexibility index (Phi) is 4.53. The molecule has 3 aromatic rings. The van der Waals surface area contributed by atoms with Crippen LogP contribution in [-0.4, -0.2) is 15.2 Å². The molecule has 0 saturated carbocycles. The highest BCUT2D eigenvalue weighted by Gasteiger charge is 2.23. The van der Waals surface area contributed by atoms with Crippen LogP contribution in [0.15, 0.2) is 47.0 Å². The lowest BCUT2D eigenvalue weighted by Gasteiger charge is -2.05. The van der Waals surface area contributed by atoms with E-state index in [1.165, 1.54) is 18.2 Å². The molecule has 0 fully saturated rings. The van der Waals surface area contributed by atoms with E-state index in [2.05, 4.69) is 5.16 Å². The van der Waals surface area contributed by atoms with Crippen molar-refractivity contribution in [3.8, 4) is 22.6 Å². The molecule has 0 atom stereocenters. The van der Waals surface area contributed by atoms with E-state index in [-0.39, 0.29) is 11.4 Å². The summed E-state index contributed by atoms with van der Waals surface area (Å²) in [6, 6.07) is 10.8. The van der Waals surface area contributed by atoms with Crippen LogP contribution in [0.25, 0.3) is 22.6 Å². The maximum atomic E-state index is 10.9. The summed E-state index contributed by atoms with van der Waals surface area (Å²) in [5.41, 5.74) is 1.42. The highest BCUT2D eigenvalue weighted by Crippen LogP contribution is 2.39. The third kappa shape index (κ3) is 2.87. The summed E-state index contributed by atoms with van der Waals surface area (Å²) in [5, 5.41) is 25.4. The number of non-ortho nitro benzene ring substituents is 1. The summed E-state index contributed by atoms with van der Waals surface area (Å²) in [4.78, 5) is 10.4. The first-order valence-electron chi connectivity index (χ1n) is 6.81. The third-order valence-electron chi connectivity index (χ3n) is 3.46.